The highest BCUT2D eigenvalue weighted by Crippen LogP contribution is 2.32. The van der Waals surface area contributed by atoms with Gasteiger partial charge < -0.3 is 30.4 Å². The summed E-state index contributed by atoms with van der Waals surface area (Å²) in [7, 11) is 0. The van der Waals surface area contributed by atoms with E-state index in [9.17, 15) is 0 Å². The Balaban J connectivity index is 1.21. The fourth-order valence-corrected chi connectivity index (χ4v) is 3.39. The smallest absolute Gasteiger partial charge is 0.131 e. The molecule has 0 aliphatic carbocycles. The molecule has 0 aliphatic rings. The van der Waals surface area contributed by atoms with E-state index < -0.39 is 0 Å². The van der Waals surface area contributed by atoms with E-state index in [0.717, 1.165) is 0 Å². The van der Waals surface area contributed by atoms with Crippen LogP contribution in [0.2, 0.25) is 0 Å². The van der Waals surface area contributed by atoms with Crippen molar-refractivity contribution < 1.29 is 18.9 Å². The van der Waals surface area contributed by atoms with Crippen LogP contribution in [-0.2, 0) is 0 Å². The summed E-state index contributed by atoms with van der Waals surface area (Å²) in [5, 5.41) is 0. The van der Waals surface area contributed by atoms with Gasteiger partial charge in [-0.15, -0.1) is 0 Å². The van der Waals surface area contributed by atoms with Gasteiger partial charge in [-0.05, 0) is 97.1 Å². The first kappa shape index (κ1) is 22.7. The molecule has 0 aromatic heterocycles. The number of rotatable bonds is 8. The highest BCUT2D eigenvalue weighted by Gasteiger charge is 2.05. The number of anilines is 2. The Morgan fingerprint density at radius 2 is 0.556 bits per heavy atom. The van der Waals surface area contributed by atoms with E-state index in [1.54, 1.807) is 24.3 Å². The lowest BCUT2D eigenvalue weighted by Gasteiger charge is -2.11. The molecular weight excluding hydrogens is 452 g/mol. The average molecular weight is 477 g/mol. The van der Waals surface area contributed by atoms with Crippen molar-refractivity contribution >= 4 is 11.4 Å². The van der Waals surface area contributed by atoms with E-state index >= 15 is 0 Å². The molecule has 0 aliphatic heterocycles. The molecule has 5 aromatic carbocycles. The highest BCUT2D eigenvalue weighted by molar-refractivity contribution is 5.46. The molecule has 0 atom stereocenters. The third-order valence-corrected chi connectivity index (χ3v) is 5.14. The number of nitrogen functional groups attached to an aromatic ring is 2. The molecule has 6 heteroatoms. The first-order valence-electron chi connectivity index (χ1n) is 11.3. The second kappa shape index (κ2) is 10.4. The Kier molecular flexibility index (Phi) is 6.58. The van der Waals surface area contributed by atoms with Crippen LogP contribution in [0.1, 0.15) is 0 Å². The van der Waals surface area contributed by atoms with Crippen LogP contribution in [0, 0.1) is 0 Å². The molecular formula is C30H24N2O4. The van der Waals surface area contributed by atoms with Crippen molar-refractivity contribution in [3.8, 4) is 46.0 Å². The predicted molar refractivity (Wildman–Crippen MR) is 141 cm³/mol. The minimum atomic E-state index is 0.657. The van der Waals surface area contributed by atoms with Gasteiger partial charge in [-0.25, -0.2) is 0 Å². The highest BCUT2D eigenvalue weighted by atomic mass is 16.5. The molecule has 0 saturated carbocycles. The van der Waals surface area contributed by atoms with Gasteiger partial charge in [0, 0.05) is 23.5 Å². The Morgan fingerprint density at radius 1 is 0.306 bits per heavy atom. The van der Waals surface area contributed by atoms with Gasteiger partial charge in [0.2, 0.25) is 0 Å². The van der Waals surface area contributed by atoms with E-state index in [0.29, 0.717) is 57.4 Å². The van der Waals surface area contributed by atoms with E-state index in [1.807, 2.05) is 97.1 Å². The third kappa shape index (κ3) is 6.07. The molecule has 0 fully saturated rings. The quantitative estimate of drug-likeness (QED) is 0.220. The number of benzene rings is 5. The van der Waals surface area contributed by atoms with Crippen LogP contribution in [0.4, 0.5) is 11.4 Å². The van der Waals surface area contributed by atoms with Gasteiger partial charge in [0.05, 0.1) is 0 Å². The molecule has 4 N–H and O–H groups in total. The zero-order valence-electron chi connectivity index (χ0n) is 19.3. The fraction of sp³-hybridized carbons (Fsp3) is 0. The van der Waals surface area contributed by atoms with Crippen molar-refractivity contribution in [2.24, 2.45) is 0 Å². The number of ether oxygens (including phenoxy) is 4. The number of hydrogen-bond acceptors (Lipinski definition) is 6. The lowest BCUT2D eigenvalue weighted by molar-refractivity contribution is 0.452. The summed E-state index contributed by atoms with van der Waals surface area (Å²) in [6.45, 7) is 0. The van der Waals surface area contributed by atoms with E-state index in [2.05, 4.69) is 0 Å². The average Bonchev–Trinajstić information content (AvgIpc) is 2.89. The van der Waals surface area contributed by atoms with E-state index in [4.69, 9.17) is 30.4 Å². The van der Waals surface area contributed by atoms with Crippen LogP contribution >= 0.6 is 0 Å². The maximum atomic E-state index is 5.99. The summed E-state index contributed by atoms with van der Waals surface area (Å²) in [6.07, 6.45) is 0. The van der Waals surface area contributed by atoms with Crippen molar-refractivity contribution in [3.05, 3.63) is 121 Å². The van der Waals surface area contributed by atoms with Gasteiger partial charge in [0.15, 0.2) is 0 Å². The molecule has 0 radical (unpaired) electrons. The topological polar surface area (TPSA) is 89.0 Å². The van der Waals surface area contributed by atoms with Gasteiger partial charge in [-0.1, -0.05) is 12.1 Å². The summed E-state index contributed by atoms with van der Waals surface area (Å²) in [6, 6.07) is 36.7. The molecule has 0 bridgehead atoms. The molecule has 0 heterocycles. The molecule has 5 aromatic rings. The van der Waals surface area contributed by atoms with Crippen molar-refractivity contribution in [2.75, 3.05) is 11.5 Å². The summed E-state index contributed by atoms with van der Waals surface area (Å²) in [5.74, 6) is 5.39. The monoisotopic (exact) mass is 476 g/mol. The maximum absolute atomic E-state index is 5.99. The van der Waals surface area contributed by atoms with Gasteiger partial charge in [-0.2, -0.15) is 0 Å². The van der Waals surface area contributed by atoms with E-state index in [-0.39, 0.29) is 0 Å². The van der Waals surface area contributed by atoms with Crippen LogP contribution in [0.3, 0.4) is 0 Å². The van der Waals surface area contributed by atoms with Gasteiger partial charge >= 0.3 is 0 Å². The molecule has 0 amide bonds. The Morgan fingerprint density at radius 3 is 0.833 bits per heavy atom. The van der Waals surface area contributed by atoms with Crippen LogP contribution in [0.5, 0.6) is 46.0 Å². The van der Waals surface area contributed by atoms with Gasteiger partial charge in [0.1, 0.15) is 46.0 Å². The van der Waals surface area contributed by atoms with E-state index in [1.165, 1.54) is 0 Å². The maximum Gasteiger partial charge on any atom is 0.131 e. The first-order valence-corrected chi connectivity index (χ1v) is 11.3. The molecule has 5 rings (SSSR count). The summed E-state index contributed by atoms with van der Waals surface area (Å²) < 4.78 is 23.7. The van der Waals surface area contributed by atoms with Crippen molar-refractivity contribution in [1.82, 2.24) is 0 Å². The fourth-order valence-electron chi connectivity index (χ4n) is 3.39. The summed E-state index contributed by atoms with van der Waals surface area (Å²) in [5.41, 5.74) is 12.8. The zero-order chi connectivity index (χ0) is 24.7. The first-order chi connectivity index (χ1) is 17.6. The van der Waals surface area contributed by atoms with Crippen LogP contribution < -0.4 is 30.4 Å². The lowest BCUT2D eigenvalue weighted by Crippen LogP contribution is -1.89. The molecule has 6 nitrogen and oxygen atoms in total. The SMILES string of the molecule is Nc1ccc(Oc2cccc(Oc3ccc(Oc4cccc(Oc5ccc(N)cc5)c4)cc3)c2)cc1. The predicted octanol–water partition coefficient (Wildman–Crippen LogP) is 8.02. The van der Waals surface area contributed by atoms with Crippen molar-refractivity contribution in [2.45, 2.75) is 0 Å². The van der Waals surface area contributed by atoms with Crippen LogP contribution in [0.15, 0.2) is 121 Å². The molecule has 178 valence electrons. The second-order valence-corrected chi connectivity index (χ2v) is 7.97. The normalized spacial score (nSPS) is 10.4. The summed E-state index contributed by atoms with van der Waals surface area (Å²) >= 11 is 0. The van der Waals surface area contributed by atoms with Crippen molar-refractivity contribution in [3.63, 3.8) is 0 Å². The zero-order valence-corrected chi connectivity index (χ0v) is 19.3. The minimum absolute atomic E-state index is 0.657. The molecule has 0 saturated heterocycles. The molecule has 0 spiro atoms. The standard InChI is InChI=1S/C30H24N2O4/c31-21-7-11-23(12-8-21)33-27-3-1-5-29(19-27)35-25-15-17-26(18-16-25)36-30-6-2-4-28(20-30)34-24-13-9-22(32)10-14-24/h1-20H,31-32H2. The molecule has 0 unspecified atom stereocenters. The van der Waals surface area contributed by atoms with Crippen LogP contribution in [-0.4, -0.2) is 0 Å². The second-order valence-electron chi connectivity index (χ2n) is 7.97. The van der Waals surface area contributed by atoms with Gasteiger partial charge in [0.25, 0.3) is 0 Å². The Labute approximate surface area is 209 Å². The largest absolute Gasteiger partial charge is 0.457 e. The van der Waals surface area contributed by atoms with Crippen molar-refractivity contribution in [1.29, 1.82) is 0 Å². The Hall–Kier alpha value is -5.10. The Bertz CT molecular complexity index is 1320. The van der Waals surface area contributed by atoms with Crippen LogP contribution in [0.25, 0.3) is 0 Å². The number of hydrogen-bond donors (Lipinski definition) is 2. The molecule has 36 heavy (non-hydrogen) atoms. The summed E-state index contributed by atoms with van der Waals surface area (Å²) in [4.78, 5) is 0. The lowest BCUT2D eigenvalue weighted by atomic mass is 10.3. The number of nitrogens with two attached hydrogens (primary N) is 2. The minimum Gasteiger partial charge on any atom is -0.457 e. The van der Waals surface area contributed by atoms with Gasteiger partial charge in [-0.3, -0.25) is 0 Å². The third-order valence-electron chi connectivity index (χ3n) is 5.14.